The normalized spacial score (nSPS) is 23.5. The van der Waals surface area contributed by atoms with E-state index in [9.17, 15) is 33.9 Å². The van der Waals surface area contributed by atoms with Crippen molar-refractivity contribution >= 4 is 63.1 Å². The summed E-state index contributed by atoms with van der Waals surface area (Å²) in [5.74, 6) is -2.21. The fourth-order valence-electron chi connectivity index (χ4n) is 9.61. The summed E-state index contributed by atoms with van der Waals surface area (Å²) in [5, 5.41) is 28.8. The SMILES string of the molecule is CC(C)(C)O.CC(C)N(C)[C@@H]1CCC(N2CC[C@H](NC(=O)OCc3ccccc3)C2=O)[C@H](C(=O)[O-])C1.CC(C)N(C)[C@@H]1CCC(N2CC[C@H](NC(=O)OCc3ccccc3)C2=O)[C@H](NC(=O)OC(C)(C)C)C1.S.S.[Na+]. The molecule has 18 nitrogen and oxygen atoms in total. The number of carboxylic acid groups (broad SMARTS) is 1. The second kappa shape index (κ2) is 32.2. The molecule has 6 rings (SSSR count). The van der Waals surface area contributed by atoms with Crippen LogP contribution in [0.2, 0.25) is 0 Å². The maximum Gasteiger partial charge on any atom is 1.00 e. The van der Waals surface area contributed by atoms with Crippen molar-refractivity contribution in [2.24, 2.45) is 5.92 Å². The number of likely N-dealkylation sites (tertiary alicyclic amines) is 2. The minimum atomic E-state index is -1.11. The Bertz CT molecular complexity index is 2080. The van der Waals surface area contributed by atoms with Gasteiger partial charge in [0.15, 0.2) is 0 Å². The number of hydrogen-bond donors (Lipinski definition) is 4. The zero-order valence-corrected chi connectivity index (χ0v) is 50.9. The zero-order chi connectivity index (χ0) is 53.5. The van der Waals surface area contributed by atoms with Crippen molar-refractivity contribution in [2.45, 2.75) is 199 Å². The van der Waals surface area contributed by atoms with Gasteiger partial charge in [-0.3, -0.25) is 9.59 Å². The van der Waals surface area contributed by atoms with E-state index in [1.165, 1.54) is 0 Å². The first-order chi connectivity index (χ1) is 33.7. The summed E-state index contributed by atoms with van der Waals surface area (Å²) in [7, 11) is 4.10. The minimum absolute atomic E-state index is 0. The predicted octanol–water partition coefficient (Wildman–Crippen LogP) is 2.82. The Kier molecular flexibility index (Phi) is 29.7. The van der Waals surface area contributed by atoms with Crippen LogP contribution in [0.15, 0.2) is 60.7 Å². The number of carboxylic acids is 1. The van der Waals surface area contributed by atoms with E-state index in [-0.39, 0.29) is 99.7 Å². The van der Waals surface area contributed by atoms with Crippen LogP contribution in [0.25, 0.3) is 0 Å². The molecule has 4 N–H and O–H groups in total. The molecule has 2 heterocycles. The van der Waals surface area contributed by atoms with E-state index in [0.717, 1.165) is 36.8 Å². The van der Waals surface area contributed by atoms with Gasteiger partial charge in [0.05, 0.1) is 17.7 Å². The maximum atomic E-state index is 13.3. The van der Waals surface area contributed by atoms with Gasteiger partial charge in [-0.1, -0.05) is 60.7 Å². The molecule has 2 aliphatic carbocycles. The van der Waals surface area contributed by atoms with Crippen molar-refractivity contribution in [2.75, 3.05) is 27.2 Å². The molecule has 0 bridgehead atoms. The van der Waals surface area contributed by atoms with Crippen molar-refractivity contribution in [3.05, 3.63) is 71.8 Å². The molecule has 0 aromatic heterocycles. The summed E-state index contributed by atoms with van der Waals surface area (Å²) in [4.78, 5) is 83.2. The van der Waals surface area contributed by atoms with Gasteiger partial charge in [0.2, 0.25) is 11.8 Å². The van der Waals surface area contributed by atoms with Crippen LogP contribution in [0.1, 0.15) is 132 Å². The third kappa shape index (κ3) is 23.0. The fraction of sp³-hybridized carbons (Fsp3) is 0.667. The van der Waals surface area contributed by atoms with Crippen molar-refractivity contribution < 1.29 is 82.7 Å². The molecule has 8 atom stereocenters. The van der Waals surface area contributed by atoms with Gasteiger partial charge >= 0.3 is 47.8 Å². The standard InChI is InChI=1S/C27H42N4O5.C23H33N3O5.C4H10O.Na.2H2S/c1-18(2)30(6)20-12-13-23(22(16-20)29-26(34)36-27(3,4)5)31-15-14-21(24(31)32)28-25(33)35-17-19-10-8-7-9-11-19;1-15(2)25(3)17-9-10-20(18(13-17)22(28)29)26-12-11-19(21(26)27)24-23(30)31-14-16-7-5-4-6-8-16;1-4(2,3)5;;;/h7-11,18,20-23H,12-17H2,1-6H3,(H,28,33)(H,29,34);4-8,15,17-20H,9-14H2,1-3H3,(H,24,30)(H,28,29);5H,1-3H3;;2*1H2/q;;;+1;;/p-1/t20-,21+,22-,23?;17-,18-,19+,20?;;;;/m11..../s1. The molecule has 75 heavy (non-hydrogen) atoms. The molecule has 21 heteroatoms. The molecule has 2 aromatic carbocycles. The van der Waals surface area contributed by atoms with E-state index >= 15 is 0 Å². The molecule has 0 spiro atoms. The molecule has 5 amide bonds. The van der Waals surface area contributed by atoms with Crippen LogP contribution in [0.3, 0.4) is 0 Å². The third-order valence-electron chi connectivity index (χ3n) is 13.6. The van der Waals surface area contributed by atoms with E-state index in [1.54, 1.807) is 25.7 Å². The van der Waals surface area contributed by atoms with Crippen LogP contribution in [0.4, 0.5) is 14.4 Å². The smallest absolute Gasteiger partial charge is 0.550 e. The number of carbonyl (C=O) groups is 6. The van der Waals surface area contributed by atoms with Crippen molar-refractivity contribution in [3.63, 3.8) is 0 Å². The number of amides is 5. The second-order valence-electron chi connectivity index (χ2n) is 22.1. The first-order valence-electron chi connectivity index (χ1n) is 25.6. The molecule has 4 aliphatic rings. The van der Waals surface area contributed by atoms with Crippen LogP contribution in [0, 0.1) is 5.92 Å². The van der Waals surface area contributed by atoms with Gasteiger partial charge in [0.25, 0.3) is 0 Å². The van der Waals surface area contributed by atoms with E-state index in [1.807, 2.05) is 93.4 Å². The number of carbonyl (C=O) groups excluding carboxylic acids is 6. The molecule has 2 saturated heterocycles. The van der Waals surface area contributed by atoms with Gasteiger partial charge in [-0.25, -0.2) is 14.4 Å². The first-order valence-corrected chi connectivity index (χ1v) is 25.6. The Hall–Kier alpha value is -3.76. The summed E-state index contributed by atoms with van der Waals surface area (Å²) in [6.45, 7) is 20.4. The van der Waals surface area contributed by atoms with Gasteiger partial charge in [0.1, 0.15) is 30.9 Å². The van der Waals surface area contributed by atoms with Crippen molar-refractivity contribution in [1.82, 2.24) is 35.6 Å². The number of aliphatic carboxylic acids is 1. The van der Waals surface area contributed by atoms with Crippen LogP contribution in [-0.2, 0) is 41.8 Å². The Morgan fingerprint density at radius 1 is 0.640 bits per heavy atom. The van der Waals surface area contributed by atoms with E-state index in [4.69, 9.17) is 19.3 Å². The van der Waals surface area contributed by atoms with E-state index < -0.39 is 59.5 Å². The van der Waals surface area contributed by atoms with Crippen LogP contribution in [-0.4, -0.2) is 154 Å². The number of nitrogens with zero attached hydrogens (tertiary/aromatic N) is 4. The van der Waals surface area contributed by atoms with Crippen LogP contribution < -0.4 is 50.6 Å². The van der Waals surface area contributed by atoms with Gasteiger partial charge < -0.3 is 64.8 Å². The number of aliphatic hydroxyl groups is 1. The molecule has 4 fully saturated rings. The van der Waals surface area contributed by atoms with Crippen LogP contribution in [0.5, 0.6) is 0 Å². The summed E-state index contributed by atoms with van der Waals surface area (Å²) in [6.07, 6.45) is 3.51. The van der Waals surface area contributed by atoms with E-state index in [0.29, 0.717) is 56.9 Å². The van der Waals surface area contributed by atoms with Gasteiger partial charge in [-0.2, -0.15) is 27.0 Å². The van der Waals surface area contributed by atoms with E-state index in [2.05, 4.69) is 60.5 Å². The van der Waals surface area contributed by atoms with Gasteiger partial charge in [-0.05, 0) is 146 Å². The van der Waals surface area contributed by atoms with Crippen molar-refractivity contribution in [1.29, 1.82) is 0 Å². The monoisotopic (exact) mass is 1100 g/mol. The zero-order valence-electron chi connectivity index (χ0n) is 46.9. The molecular formula is C54H88N7NaO11S2. The minimum Gasteiger partial charge on any atom is -0.550 e. The average molecular weight is 1100 g/mol. The Morgan fingerprint density at radius 3 is 1.41 bits per heavy atom. The topological polar surface area (TPSA) is 222 Å². The maximum absolute atomic E-state index is 13.3. The Morgan fingerprint density at radius 2 is 1.03 bits per heavy atom. The van der Waals surface area contributed by atoms with Gasteiger partial charge in [0, 0.05) is 55.2 Å². The Labute approximate surface area is 482 Å². The third-order valence-corrected chi connectivity index (χ3v) is 13.6. The summed E-state index contributed by atoms with van der Waals surface area (Å²) < 4.78 is 16.0. The average Bonchev–Trinajstić information content (AvgIpc) is 3.85. The number of hydrogen-bond acceptors (Lipinski definition) is 13. The molecule has 2 unspecified atom stereocenters. The molecule has 2 aliphatic heterocycles. The second-order valence-corrected chi connectivity index (χ2v) is 22.1. The molecular weight excluding hydrogens is 1010 g/mol. The quantitative estimate of drug-likeness (QED) is 0.158. The first kappa shape index (κ1) is 69.3. The largest absolute Gasteiger partial charge is 1.00 e. The Balaban J connectivity index is 0.000000668. The van der Waals surface area contributed by atoms with Crippen molar-refractivity contribution in [3.8, 4) is 0 Å². The molecule has 0 radical (unpaired) electrons. The number of alkyl carbamates (subject to hydrolysis) is 3. The molecule has 2 aromatic rings. The predicted molar refractivity (Wildman–Crippen MR) is 293 cm³/mol. The number of ether oxygens (including phenoxy) is 3. The summed E-state index contributed by atoms with van der Waals surface area (Å²) >= 11 is 0. The van der Waals surface area contributed by atoms with Crippen LogP contribution >= 0.6 is 27.0 Å². The summed E-state index contributed by atoms with van der Waals surface area (Å²) in [6, 6.07) is 17.7. The van der Waals surface area contributed by atoms with Gasteiger partial charge in [-0.15, -0.1) is 0 Å². The number of benzene rings is 2. The fourth-order valence-corrected chi connectivity index (χ4v) is 9.61. The number of rotatable bonds is 14. The molecule has 2 saturated carbocycles. The number of nitrogens with one attached hydrogen (secondary N) is 3. The molecule has 418 valence electrons. The summed E-state index contributed by atoms with van der Waals surface area (Å²) in [5.41, 5.74) is 0.629.